The molecule has 136 valence electrons. The fourth-order valence-corrected chi connectivity index (χ4v) is 4.43. The zero-order chi connectivity index (χ0) is 18.8. The molecule has 4 nitrogen and oxygen atoms in total. The molecule has 0 saturated carbocycles. The third-order valence-electron chi connectivity index (χ3n) is 5.02. The van der Waals surface area contributed by atoms with E-state index in [1.54, 1.807) is 30.5 Å². The maximum atomic E-state index is 12.4. The van der Waals surface area contributed by atoms with Gasteiger partial charge in [-0.25, -0.2) is 4.83 Å². The van der Waals surface area contributed by atoms with E-state index in [4.69, 9.17) is 0 Å². The van der Waals surface area contributed by atoms with E-state index in [0.717, 1.165) is 12.0 Å². The van der Waals surface area contributed by atoms with Crippen molar-refractivity contribution < 1.29 is 8.42 Å². The van der Waals surface area contributed by atoms with Crippen LogP contribution in [-0.4, -0.2) is 14.6 Å². The second-order valence-electron chi connectivity index (χ2n) is 8.49. The summed E-state index contributed by atoms with van der Waals surface area (Å²) >= 11 is 0. The van der Waals surface area contributed by atoms with Crippen molar-refractivity contribution in [3.63, 3.8) is 0 Å². The molecule has 5 heteroatoms. The molecule has 0 aliphatic carbocycles. The van der Waals surface area contributed by atoms with E-state index < -0.39 is 10.0 Å². The lowest BCUT2D eigenvalue weighted by molar-refractivity contribution is 0.0394. The summed E-state index contributed by atoms with van der Waals surface area (Å²) in [5.74, 6) is 0. The third kappa shape index (κ3) is 4.18. The van der Waals surface area contributed by atoms with Crippen molar-refractivity contribution in [2.24, 2.45) is 21.3 Å². The lowest BCUT2D eigenvalue weighted by Gasteiger charge is -2.51. The van der Waals surface area contributed by atoms with Crippen LogP contribution in [0.1, 0.15) is 60.5 Å². The molecule has 0 aliphatic rings. The molecule has 24 heavy (non-hydrogen) atoms. The number of hydrogen-bond acceptors (Lipinski definition) is 3. The molecule has 0 bridgehead atoms. The highest BCUT2D eigenvalue weighted by atomic mass is 32.2. The minimum absolute atomic E-state index is 0.0567. The van der Waals surface area contributed by atoms with Gasteiger partial charge in [0.1, 0.15) is 0 Å². The highest BCUT2D eigenvalue weighted by Gasteiger charge is 2.48. The summed E-state index contributed by atoms with van der Waals surface area (Å²) < 4.78 is 24.8. The van der Waals surface area contributed by atoms with E-state index in [9.17, 15) is 8.42 Å². The predicted molar refractivity (Wildman–Crippen MR) is 102 cm³/mol. The Balaban J connectivity index is 3.15. The van der Waals surface area contributed by atoms with Crippen LogP contribution in [0.25, 0.3) is 0 Å². The fraction of sp³-hybridized carbons (Fsp3) is 0.632. The highest BCUT2D eigenvalue weighted by molar-refractivity contribution is 7.89. The van der Waals surface area contributed by atoms with Crippen LogP contribution in [0.2, 0.25) is 0 Å². The Morgan fingerprint density at radius 1 is 1.00 bits per heavy atom. The monoisotopic (exact) mass is 352 g/mol. The summed E-state index contributed by atoms with van der Waals surface area (Å²) in [6.45, 7) is 17.1. The van der Waals surface area contributed by atoms with E-state index >= 15 is 0 Å². The van der Waals surface area contributed by atoms with Gasteiger partial charge in [-0.15, -0.1) is 0 Å². The Kier molecular flexibility index (Phi) is 5.92. The van der Waals surface area contributed by atoms with Gasteiger partial charge in [-0.05, 0) is 36.3 Å². The van der Waals surface area contributed by atoms with E-state index in [1.165, 1.54) is 0 Å². The van der Waals surface area contributed by atoms with Crippen molar-refractivity contribution in [2.75, 3.05) is 0 Å². The molecule has 0 heterocycles. The first-order chi connectivity index (χ1) is 10.8. The smallest absolute Gasteiger partial charge is 0.200 e. The molecule has 1 aromatic carbocycles. The van der Waals surface area contributed by atoms with Crippen molar-refractivity contribution in [1.29, 1.82) is 0 Å². The number of hydrazone groups is 1. The summed E-state index contributed by atoms with van der Waals surface area (Å²) in [4.78, 5) is 2.59. The summed E-state index contributed by atoms with van der Waals surface area (Å²) in [6, 6.07) is 6.74. The summed E-state index contributed by atoms with van der Waals surface area (Å²) in [6.07, 6.45) is 2.66. The second-order valence-corrected chi connectivity index (χ2v) is 10.2. The van der Waals surface area contributed by atoms with Crippen LogP contribution in [0.5, 0.6) is 0 Å². The van der Waals surface area contributed by atoms with Gasteiger partial charge in [-0.3, -0.25) is 0 Å². The Hall–Kier alpha value is -1.36. The normalized spacial score (nSPS) is 14.2. The lowest BCUT2D eigenvalue weighted by Crippen LogP contribution is -2.47. The molecule has 0 amide bonds. The first-order valence-electron chi connectivity index (χ1n) is 8.39. The van der Waals surface area contributed by atoms with Gasteiger partial charge in [0.2, 0.25) is 0 Å². The topological polar surface area (TPSA) is 58.5 Å². The van der Waals surface area contributed by atoms with Crippen LogP contribution in [-0.2, 0) is 10.0 Å². The molecule has 0 saturated heterocycles. The van der Waals surface area contributed by atoms with Gasteiger partial charge in [0.25, 0.3) is 10.0 Å². The van der Waals surface area contributed by atoms with Gasteiger partial charge in [0.05, 0.1) is 4.90 Å². The maximum Gasteiger partial charge on any atom is 0.276 e. The Labute approximate surface area is 147 Å². The minimum atomic E-state index is -3.65. The summed E-state index contributed by atoms with van der Waals surface area (Å²) in [5, 5.41) is 4.16. The van der Waals surface area contributed by atoms with E-state index in [2.05, 4.69) is 58.4 Å². The quantitative estimate of drug-likeness (QED) is 0.614. The van der Waals surface area contributed by atoms with E-state index in [-0.39, 0.29) is 21.1 Å². The molecule has 0 unspecified atom stereocenters. The number of hydrogen-bond donors (Lipinski definition) is 1. The number of nitrogens with zero attached hydrogens (tertiary/aromatic N) is 1. The fourth-order valence-electron chi connectivity index (χ4n) is 3.64. The number of rotatable bonds is 5. The standard InChI is InChI=1S/C19H32N2O2S/c1-9-19(17(3,4)5,18(6,7)8)14-20-21-24(22,23)16-12-10-15(2)11-13-16/h10-14,21H,9H2,1-8H3/b20-14-. The Morgan fingerprint density at radius 3 is 1.83 bits per heavy atom. The first-order valence-corrected chi connectivity index (χ1v) is 9.88. The molecule has 1 aromatic rings. The SMILES string of the molecule is CCC(/C=N\NS(=O)(=O)c1ccc(C)cc1)(C(C)(C)C)C(C)(C)C. The molecular weight excluding hydrogens is 320 g/mol. The summed E-state index contributed by atoms with van der Waals surface area (Å²) in [7, 11) is -3.65. The molecule has 1 N–H and O–H groups in total. The molecule has 0 spiro atoms. The van der Waals surface area contributed by atoms with Crippen molar-refractivity contribution in [1.82, 2.24) is 4.83 Å². The molecular formula is C19H32N2O2S. The zero-order valence-electron chi connectivity index (χ0n) is 16.3. The third-order valence-corrected chi connectivity index (χ3v) is 6.26. The molecule has 0 aliphatic heterocycles. The Bertz CT molecular complexity index is 662. The number of benzene rings is 1. The van der Waals surface area contributed by atoms with Crippen molar-refractivity contribution in [3.05, 3.63) is 29.8 Å². The highest BCUT2D eigenvalue weighted by Crippen LogP contribution is 2.52. The van der Waals surface area contributed by atoms with Gasteiger partial charge >= 0.3 is 0 Å². The van der Waals surface area contributed by atoms with Gasteiger partial charge in [-0.1, -0.05) is 66.2 Å². The van der Waals surface area contributed by atoms with Crippen LogP contribution >= 0.6 is 0 Å². The van der Waals surface area contributed by atoms with Crippen LogP contribution in [0, 0.1) is 23.2 Å². The van der Waals surface area contributed by atoms with Crippen LogP contribution in [0.3, 0.4) is 0 Å². The van der Waals surface area contributed by atoms with Crippen LogP contribution in [0.15, 0.2) is 34.3 Å². The average Bonchev–Trinajstić information content (AvgIpc) is 2.41. The molecule has 1 rings (SSSR count). The summed E-state index contributed by atoms with van der Waals surface area (Å²) in [5.41, 5.74) is 0.663. The van der Waals surface area contributed by atoms with Crippen molar-refractivity contribution in [3.8, 4) is 0 Å². The molecule has 0 radical (unpaired) electrons. The largest absolute Gasteiger partial charge is 0.276 e. The lowest BCUT2D eigenvalue weighted by atomic mass is 9.53. The van der Waals surface area contributed by atoms with Gasteiger partial charge in [-0.2, -0.15) is 13.5 Å². The average molecular weight is 353 g/mol. The van der Waals surface area contributed by atoms with Gasteiger partial charge < -0.3 is 0 Å². The second kappa shape index (κ2) is 6.87. The van der Waals surface area contributed by atoms with Crippen molar-refractivity contribution >= 4 is 16.2 Å². The van der Waals surface area contributed by atoms with Gasteiger partial charge in [0, 0.05) is 11.6 Å². The first kappa shape index (κ1) is 20.7. The van der Waals surface area contributed by atoms with Crippen LogP contribution < -0.4 is 4.83 Å². The van der Waals surface area contributed by atoms with Crippen molar-refractivity contribution in [2.45, 2.75) is 66.7 Å². The molecule has 0 fully saturated rings. The zero-order valence-corrected chi connectivity index (χ0v) is 17.1. The number of sulfonamides is 1. The van der Waals surface area contributed by atoms with E-state index in [1.807, 2.05) is 6.92 Å². The number of aryl methyl sites for hydroxylation is 1. The Morgan fingerprint density at radius 2 is 1.46 bits per heavy atom. The number of nitrogens with one attached hydrogen (secondary N) is 1. The van der Waals surface area contributed by atoms with Gasteiger partial charge in [0.15, 0.2) is 0 Å². The van der Waals surface area contributed by atoms with E-state index in [0.29, 0.717) is 0 Å². The molecule has 0 atom stereocenters. The molecule has 0 aromatic heterocycles. The maximum absolute atomic E-state index is 12.4. The minimum Gasteiger partial charge on any atom is -0.200 e. The predicted octanol–water partition coefficient (Wildman–Crippen LogP) is 4.75. The van der Waals surface area contributed by atoms with Crippen LogP contribution in [0.4, 0.5) is 0 Å².